The number of furan rings is 1. The van der Waals surface area contributed by atoms with Crippen LogP contribution in [0.25, 0.3) is 0 Å². The molecule has 0 fully saturated rings. The van der Waals surface area contributed by atoms with E-state index in [-0.39, 0.29) is 23.6 Å². The molecule has 3 rings (SSSR count). The number of carbonyl (C=O) groups excluding carboxylic acids is 2. The highest BCUT2D eigenvalue weighted by Gasteiger charge is 2.19. The number of nitrogens with one attached hydrogen (secondary N) is 2. The molecular weight excluding hydrogens is 360 g/mol. The zero-order chi connectivity index (χ0) is 19.4. The molecular formula is C21H22N2O3S. The first kappa shape index (κ1) is 18.9. The fraction of sp³-hybridized carbons (Fsp3) is 0.238. The van der Waals surface area contributed by atoms with E-state index in [1.807, 2.05) is 45.0 Å². The van der Waals surface area contributed by atoms with E-state index in [1.54, 1.807) is 18.2 Å². The first-order chi connectivity index (χ1) is 13.0. The maximum Gasteiger partial charge on any atom is 0.291 e. The number of thiophene rings is 1. The van der Waals surface area contributed by atoms with Crippen LogP contribution in [-0.4, -0.2) is 11.8 Å². The van der Waals surface area contributed by atoms with Crippen molar-refractivity contribution in [3.63, 3.8) is 0 Å². The second-order valence-corrected chi connectivity index (χ2v) is 7.45. The van der Waals surface area contributed by atoms with E-state index in [4.69, 9.17) is 4.42 Å². The van der Waals surface area contributed by atoms with Crippen LogP contribution in [0.4, 0.5) is 5.00 Å². The molecule has 0 saturated carbocycles. The van der Waals surface area contributed by atoms with E-state index in [0.29, 0.717) is 9.88 Å². The Labute approximate surface area is 162 Å². The predicted molar refractivity (Wildman–Crippen MR) is 107 cm³/mol. The number of amides is 2. The summed E-state index contributed by atoms with van der Waals surface area (Å²) in [5.74, 6) is -0.236. The lowest BCUT2D eigenvalue weighted by molar-refractivity contribution is 0.0938. The number of benzene rings is 1. The number of hydrogen-bond acceptors (Lipinski definition) is 4. The normalized spacial score (nSPS) is 11.8. The average Bonchev–Trinajstić information content (AvgIpc) is 3.30. The summed E-state index contributed by atoms with van der Waals surface area (Å²) < 4.78 is 5.09. The molecule has 2 N–H and O–H groups in total. The van der Waals surface area contributed by atoms with E-state index in [9.17, 15) is 9.59 Å². The first-order valence-corrected chi connectivity index (χ1v) is 9.62. The fourth-order valence-corrected chi connectivity index (χ4v) is 3.76. The van der Waals surface area contributed by atoms with Crippen LogP contribution in [0.15, 0.2) is 53.1 Å². The highest BCUT2D eigenvalue weighted by Crippen LogP contribution is 2.28. The lowest BCUT2D eigenvalue weighted by Crippen LogP contribution is -2.27. The van der Waals surface area contributed by atoms with Crippen molar-refractivity contribution in [3.05, 3.63) is 76.1 Å². The summed E-state index contributed by atoms with van der Waals surface area (Å²) in [6, 6.07) is 13.2. The minimum atomic E-state index is -0.334. The summed E-state index contributed by atoms with van der Waals surface area (Å²) in [6.45, 7) is 5.94. The fourth-order valence-electron chi connectivity index (χ4n) is 2.79. The minimum Gasteiger partial charge on any atom is -0.459 e. The molecule has 2 aromatic heterocycles. The number of rotatable bonds is 6. The van der Waals surface area contributed by atoms with Crippen LogP contribution in [0.3, 0.4) is 0 Å². The Morgan fingerprint density at radius 3 is 2.48 bits per heavy atom. The largest absolute Gasteiger partial charge is 0.459 e. The zero-order valence-electron chi connectivity index (χ0n) is 15.5. The van der Waals surface area contributed by atoms with Gasteiger partial charge in [0.25, 0.3) is 11.8 Å². The number of anilines is 1. The standard InChI is InChI=1S/C21H22N2O3S/c1-4-16(15-9-7-13(2)8-10-15)22-21(25)19-14(3)12-18(27-19)23-20(24)17-6-5-11-26-17/h5-12,16H,4H2,1-3H3,(H,22,25)(H,23,24)/t16-/m1/s1. The van der Waals surface area contributed by atoms with Crippen molar-refractivity contribution in [3.8, 4) is 0 Å². The van der Waals surface area contributed by atoms with Crippen LogP contribution >= 0.6 is 11.3 Å². The quantitative estimate of drug-likeness (QED) is 0.624. The summed E-state index contributed by atoms with van der Waals surface area (Å²) in [6.07, 6.45) is 2.24. The molecule has 3 aromatic rings. The highest BCUT2D eigenvalue weighted by atomic mass is 32.1. The Kier molecular flexibility index (Phi) is 5.76. The van der Waals surface area contributed by atoms with Gasteiger partial charge in [0.15, 0.2) is 5.76 Å². The zero-order valence-corrected chi connectivity index (χ0v) is 16.4. The van der Waals surface area contributed by atoms with Gasteiger partial charge in [-0.3, -0.25) is 9.59 Å². The molecule has 0 aliphatic rings. The van der Waals surface area contributed by atoms with Gasteiger partial charge in [-0.1, -0.05) is 36.8 Å². The van der Waals surface area contributed by atoms with Crippen molar-refractivity contribution in [1.82, 2.24) is 5.32 Å². The van der Waals surface area contributed by atoms with Crippen molar-refractivity contribution in [2.45, 2.75) is 33.2 Å². The molecule has 140 valence electrons. The van der Waals surface area contributed by atoms with E-state index in [1.165, 1.54) is 23.2 Å². The molecule has 6 heteroatoms. The number of carbonyl (C=O) groups is 2. The molecule has 0 unspecified atom stereocenters. The third-order valence-electron chi connectivity index (χ3n) is 4.30. The molecule has 2 amide bonds. The Morgan fingerprint density at radius 2 is 1.85 bits per heavy atom. The van der Waals surface area contributed by atoms with Gasteiger partial charge < -0.3 is 15.1 Å². The monoisotopic (exact) mass is 382 g/mol. The number of hydrogen-bond donors (Lipinski definition) is 2. The Morgan fingerprint density at radius 1 is 1.11 bits per heavy atom. The van der Waals surface area contributed by atoms with E-state index in [2.05, 4.69) is 10.6 Å². The summed E-state index contributed by atoms with van der Waals surface area (Å²) in [4.78, 5) is 25.5. The van der Waals surface area contributed by atoms with Crippen molar-refractivity contribution >= 4 is 28.2 Å². The third kappa shape index (κ3) is 4.46. The Bertz CT molecular complexity index is 927. The first-order valence-electron chi connectivity index (χ1n) is 8.80. The summed E-state index contributed by atoms with van der Waals surface area (Å²) in [5, 5.41) is 6.48. The Hall–Kier alpha value is -2.86. The molecule has 1 atom stereocenters. The predicted octanol–water partition coefficient (Wildman–Crippen LogP) is 5.09. The maximum absolute atomic E-state index is 12.8. The van der Waals surface area contributed by atoms with Gasteiger partial charge in [0.1, 0.15) is 0 Å². The topological polar surface area (TPSA) is 71.3 Å². The van der Waals surface area contributed by atoms with E-state index >= 15 is 0 Å². The molecule has 0 radical (unpaired) electrons. The van der Waals surface area contributed by atoms with Crippen LogP contribution in [0.2, 0.25) is 0 Å². The van der Waals surface area contributed by atoms with Crippen molar-refractivity contribution in [2.24, 2.45) is 0 Å². The summed E-state index contributed by atoms with van der Waals surface area (Å²) in [5.41, 5.74) is 3.09. The van der Waals surface area contributed by atoms with Crippen molar-refractivity contribution in [2.75, 3.05) is 5.32 Å². The van der Waals surface area contributed by atoms with Gasteiger partial charge in [0, 0.05) is 0 Å². The van der Waals surface area contributed by atoms with E-state index < -0.39 is 0 Å². The molecule has 0 aliphatic heterocycles. The average molecular weight is 382 g/mol. The van der Waals surface area contributed by atoms with E-state index in [0.717, 1.165) is 17.5 Å². The van der Waals surface area contributed by atoms with Crippen LogP contribution in [0, 0.1) is 13.8 Å². The summed E-state index contributed by atoms with van der Waals surface area (Å²) in [7, 11) is 0. The maximum atomic E-state index is 12.8. The van der Waals surface area contributed by atoms with Gasteiger partial charge in [-0.15, -0.1) is 11.3 Å². The van der Waals surface area contributed by atoms with Gasteiger partial charge >= 0.3 is 0 Å². The molecule has 27 heavy (non-hydrogen) atoms. The molecule has 0 aliphatic carbocycles. The van der Waals surface area contributed by atoms with Gasteiger partial charge in [-0.2, -0.15) is 0 Å². The second kappa shape index (κ2) is 8.22. The highest BCUT2D eigenvalue weighted by molar-refractivity contribution is 7.18. The van der Waals surface area contributed by atoms with Crippen molar-refractivity contribution in [1.29, 1.82) is 0 Å². The van der Waals surface area contributed by atoms with Gasteiger partial charge in [-0.05, 0) is 49.6 Å². The lowest BCUT2D eigenvalue weighted by atomic mass is 10.0. The van der Waals surface area contributed by atoms with Crippen LogP contribution in [0.1, 0.15) is 56.3 Å². The van der Waals surface area contributed by atoms with Crippen LogP contribution < -0.4 is 10.6 Å². The molecule has 0 saturated heterocycles. The molecule has 0 spiro atoms. The van der Waals surface area contributed by atoms with Crippen LogP contribution in [0.5, 0.6) is 0 Å². The lowest BCUT2D eigenvalue weighted by Gasteiger charge is -2.17. The SMILES string of the molecule is CC[C@@H](NC(=O)c1sc(NC(=O)c2ccco2)cc1C)c1ccc(C)cc1. The number of aryl methyl sites for hydroxylation is 2. The van der Waals surface area contributed by atoms with Gasteiger partial charge in [-0.25, -0.2) is 0 Å². The molecule has 5 nitrogen and oxygen atoms in total. The van der Waals surface area contributed by atoms with Crippen molar-refractivity contribution < 1.29 is 14.0 Å². The second-order valence-electron chi connectivity index (χ2n) is 6.40. The molecule has 0 bridgehead atoms. The van der Waals surface area contributed by atoms with Crippen LogP contribution in [-0.2, 0) is 0 Å². The smallest absolute Gasteiger partial charge is 0.291 e. The molecule has 1 aromatic carbocycles. The van der Waals surface area contributed by atoms with Gasteiger partial charge in [0.05, 0.1) is 22.2 Å². The Balaban J connectivity index is 1.71. The summed E-state index contributed by atoms with van der Waals surface area (Å²) >= 11 is 1.26. The van der Waals surface area contributed by atoms with Gasteiger partial charge in [0.2, 0.25) is 0 Å². The minimum absolute atomic E-state index is 0.0549. The third-order valence-corrected chi connectivity index (χ3v) is 5.45. The molecule has 2 heterocycles.